The lowest BCUT2D eigenvalue weighted by Gasteiger charge is -2.37. The van der Waals surface area contributed by atoms with Gasteiger partial charge in [0.2, 0.25) is 5.91 Å². The fourth-order valence-corrected chi connectivity index (χ4v) is 3.57. The summed E-state index contributed by atoms with van der Waals surface area (Å²) in [6.45, 7) is 6.08. The van der Waals surface area contributed by atoms with Crippen LogP contribution in [0.5, 0.6) is 0 Å². The van der Waals surface area contributed by atoms with Crippen LogP contribution in [0.1, 0.15) is 64.5 Å². The maximum absolute atomic E-state index is 12.9. The van der Waals surface area contributed by atoms with Crippen molar-refractivity contribution in [3.8, 4) is 0 Å². The molecule has 0 bridgehead atoms. The molecule has 2 rings (SSSR count). The van der Waals surface area contributed by atoms with E-state index >= 15 is 0 Å². The molecule has 0 aliphatic carbocycles. The fraction of sp³-hybridized carbons (Fsp3) is 0.600. The first-order valence-corrected chi connectivity index (χ1v) is 10.1. The van der Waals surface area contributed by atoms with Gasteiger partial charge in [-0.25, -0.2) is 0 Å². The molecule has 2 atom stereocenters. The molecule has 0 aromatic heterocycles. The lowest BCUT2D eigenvalue weighted by molar-refractivity contribution is -0.155. The molecule has 0 radical (unpaired) electrons. The predicted molar refractivity (Wildman–Crippen MR) is 108 cm³/mol. The minimum absolute atomic E-state index is 0.0754. The van der Waals surface area contributed by atoms with Crippen LogP contribution in [-0.2, 0) is 14.3 Å². The summed E-state index contributed by atoms with van der Waals surface area (Å²) < 4.78 is 5.28. The van der Waals surface area contributed by atoms with Crippen molar-refractivity contribution in [1.29, 1.82) is 0 Å². The molecule has 0 unspecified atom stereocenters. The molecule has 2 N–H and O–H groups in total. The van der Waals surface area contributed by atoms with Crippen LogP contribution in [0.3, 0.4) is 0 Å². The van der Waals surface area contributed by atoms with Crippen molar-refractivity contribution >= 4 is 35.1 Å². The number of piperidine rings is 1. The van der Waals surface area contributed by atoms with E-state index in [4.69, 9.17) is 33.7 Å². The molecule has 1 aromatic carbocycles. The third kappa shape index (κ3) is 6.37. The van der Waals surface area contributed by atoms with Crippen LogP contribution in [0.25, 0.3) is 0 Å². The summed E-state index contributed by atoms with van der Waals surface area (Å²) >= 11 is 12.2. The van der Waals surface area contributed by atoms with Gasteiger partial charge >= 0.3 is 5.97 Å². The predicted octanol–water partition coefficient (Wildman–Crippen LogP) is 4.50. The zero-order valence-electron chi connectivity index (χ0n) is 16.1. The van der Waals surface area contributed by atoms with E-state index in [9.17, 15) is 9.59 Å². The van der Waals surface area contributed by atoms with Gasteiger partial charge in [0, 0.05) is 13.0 Å². The summed E-state index contributed by atoms with van der Waals surface area (Å²) in [7, 11) is 0. The Hall–Kier alpha value is -1.30. The smallest absolute Gasteiger partial charge is 0.306 e. The summed E-state index contributed by atoms with van der Waals surface area (Å²) in [5, 5.41) is 0.963. The van der Waals surface area contributed by atoms with Crippen molar-refractivity contribution in [1.82, 2.24) is 4.90 Å². The molecule has 150 valence electrons. The summed E-state index contributed by atoms with van der Waals surface area (Å²) in [5.74, 6) is -0.486. The SMILES string of the molecule is CC(C)(C)OC(=O)CC[C@@H](N)C(=O)N1CCCC[C@H]1c1ccc(Cl)c(Cl)c1. The van der Waals surface area contributed by atoms with Crippen LogP contribution < -0.4 is 5.73 Å². The minimum atomic E-state index is -0.735. The van der Waals surface area contributed by atoms with E-state index in [-0.39, 0.29) is 30.8 Å². The highest BCUT2D eigenvalue weighted by Crippen LogP contribution is 2.34. The highest BCUT2D eigenvalue weighted by atomic mass is 35.5. The van der Waals surface area contributed by atoms with Crippen LogP contribution >= 0.6 is 23.2 Å². The van der Waals surface area contributed by atoms with Gasteiger partial charge in [0.25, 0.3) is 0 Å². The number of nitrogens with zero attached hydrogens (tertiary/aromatic N) is 1. The summed E-state index contributed by atoms with van der Waals surface area (Å²) in [4.78, 5) is 26.6. The molecule has 0 spiro atoms. The Kier molecular flexibility index (Phi) is 7.55. The van der Waals surface area contributed by atoms with Crippen LogP contribution in [0.4, 0.5) is 0 Å². The maximum Gasteiger partial charge on any atom is 0.306 e. The van der Waals surface area contributed by atoms with Gasteiger partial charge in [-0.05, 0) is 64.2 Å². The number of likely N-dealkylation sites (tertiary alicyclic amines) is 1. The molecule has 1 aliphatic rings. The second kappa shape index (κ2) is 9.26. The van der Waals surface area contributed by atoms with Gasteiger partial charge < -0.3 is 15.4 Å². The van der Waals surface area contributed by atoms with Crippen molar-refractivity contribution in [3.05, 3.63) is 33.8 Å². The lowest BCUT2D eigenvalue weighted by atomic mass is 9.94. The number of benzene rings is 1. The normalized spacial score (nSPS) is 18.9. The highest BCUT2D eigenvalue weighted by molar-refractivity contribution is 6.42. The molecular formula is C20H28Cl2N2O3. The Labute approximate surface area is 171 Å². The largest absolute Gasteiger partial charge is 0.460 e. The number of carbonyl (C=O) groups excluding carboxylic acids is 2. The van der Waals surface area contributed by atoms with Crippen LogP contribution in [0.15, 0.2) is 18.2 Å². The van der Waals surface area contributed by atoms with Crippen molar-refractivity contribution in [2.24, 2.45) is 5.73 Å². The van der Waals surface area contributed by atoms with Crippen LogP contribution in [-0.4, -0.2) is 35.0 Å². The summed E-state index contributed by atoms with van der Waals surface area (Å²) in [6.07, 6.45) is 3.19. The number of halogens is 2. The Morgan fingerprint density at radius 1 is 1.26 bits per heavy atom. The molecule has 1 fully saturated rings. The minimum Gasteiger partial charge on any atom is -0.460 e. The van der Waals surface area contributed by atoms with Crippen molar-refractivity contribution < 1.29 is 14.3 Å². The van der Waals surface area contributed by atoms with Crippen molar-refractivity contribution in [2.75, 3.05) is 6.54 Å². The Bertz CT molecular complexity index is 688. The van der Waals surface area contributed by atoms with Gasteiger partial charge in [-0.15, -0.1) is 0 Å². The van der Waals surface area contributed by atoms with E-state index in [0.29, 0.717) is 16.6 Å². The first-order valence-electron chi connectivity index (χ1n) is 9.31. The van der Waals surface area contributed by atoms with Crippen LogP contribution in [0, 0.1) is 0 Å². The number of carbonyl (C=O) groups is 2. The molecule has 1 amide bonds. The summed E-state index contributed by atoms with van der Waals surface area (Å²) in [5.41, 5.74) is 6.52. The van der Waals surface area contributed by atoms with E-state index in [1.165, 1.54) is 0 Å². The molecule has 1 aliphatic heterocycles. The number of ether oxygens (including phenoxy) is 1. The van der Waals surface area contributed by atoms with Gasteiger partial charge in [-0.1, -0.05) is 29.3 Å². The highest BCUT2D eigenvalue weighted by Gasteiger charge is 2.31. The van der Waals surface area contributed by atoms with E-state index < -0.39 is 11.6 Å². The van der Waals surface area contributed by atoms with E-state index in [1.54, 1.807) is 6.07 Å². The quantitative estimate of drug-likeness (QED) is 0.719. The average molecular weight is 415 g/mol. The maximum atomic E-state index is 12.9. The average Bonchev–Trinajstić information content (AvgIpc) is 2.60. The second-order valence-electron chi connectivity index (χ2n) is 7.95. The standard InChI is InChI=1S/C20H28Cl2N2O3/c1-20(2,3)27-18(25)10-9-16(23)19(26)24-11-5-4-6-17(24)13-7-8-14(21)15(22)12-13/h7-8,12,16-17H,4-6,9-11,23H2,1-3H3/t16-,17+/m1/s1. The van der Waals surface area contributed by atoms with Gasteiger partial charge in [-0.2, -0.15) is 0 Å². The molecule has 27 heavy (non-hydrogen) atoms. The van der Waals surface area contributed by atoms with Gasteiger partial charge in [0.15, 0.2) is 0 Å². The van der Waals surface area contributed by atoms with E-state index in [2.05, 4.69) is 0 Å². The molecule has 7 heteroatoms. The molecule has 0 saturated carbocycles. The van der Waals surface area contributed by atoms with E-state index in [1.807, 2.05) is 37.8 Å². The number of amides is 1. The molecule has 1 aromatic rings. The van der Waals surface area contributed by atoms with Gasteiger partial charge in [0.1, 0.15) is 5.60 Å². The van der Waals surface area contributed by atoms with Crippen molar-refractivity contribution in [2.45, 2.75) is 70.6 Å². The van der Waals surface area contributed by atoms with E-state index in [0.717, 1.165) is 24.8 Å². The Morgan fingerprint density at radius 3 is 2.59 bits per heavy atom. The molecule has 5 nitrogen and oxygen atoms in total. The topological polar surface area (TPSA) is 72.6 Å². The fourth-order valence-electron chi connectivity index (χ4n) is 3.26. The van der Waals surface area contributed by atoms with Crippen LogP contribution in [0.2, 0.25) is 10.0 Å². The molecule has 1 heterocycles. The molecule has 1 saturated heterocycles. The first-order chi connectivity index (χ1) is 12.6. The molecular weight excluding hydrogens is 387 g/mol. The number of esters is 1. The number of hydrogen-bond donors (Lipinski definition) is 1. The first kappa shape index (κ1) is 22.0. The second-order valence-corrected chi connectivity index (χ2v) is 8.76. The zero-order valence-corrected chi connectivity index (χ0v) is 17.6. The summed E-state index contributed by atoms with van der Waals surface area (Å²) in [6, 6.07) is 4.65. The lowest BCUT2D eigenvalue weighted by Crippen LogP contribution is -2.47. The number of hydrogen-bond acceptors (Lipinski definition) is 4. The monoisotopic (exact) mass is 414 g/mol. The Balaban J connectivity index is 2.03. The third-order valence-electron chi connectivity index (χ3n) is 4.51. The number of nitrogens with two attached hydrogens (primary N) is 1. The number of rotatable bonds is 5. The zero-order chi connectivity index (χ0) is 20.2. The van der Waals surface area contributed by atoms with Crippen molar-refractivity contribution in [3.63, 3.8) is 0 Å². The Morgan fingerprint density at radius 2 is 1.96 bits per heavy atom. The van der Waals surface area contributed by atoms with Gasteiger partial charge in [-0.3, -0.25) is 9.59 Å². The van der Waals surface area contributed by atoms with Gasteiger partial charge in [0.05, 0.1) is 22.1 Å². The third-order valence-corrected chi connectivity index (χ3v) is 5.25.